The number of nitrogens with one attached hydrogen (secondary N) is 1. The van der Waals surface area contributed by atoms with Crippen LogP contribution in [0.1, 0.15) is 44.9 Å². The van der Waals surface area contributed by atoms with E-state index in [0.29, 0.717) is 12.5 Å². The molecule has 3 fully saturated rings. The van der Waals surface area contributed by atoms with Crippen molar-refractivity contribution in [3.63, 3.8) is 0 Å². The Morgan fingerprint density at radius 1 is 1.23 bits per heavy atom. The van der Waals surface area contributed by atoms with Crippen LogP contribution in [0.2, 0.25) is 0 Å². The lowest BCUT2D eigenvalue weighted by Crippen LogP contribution is -2.44. The Labute approximate surface area is 134 Å². The van der Waals surface area contributed by atoms with E-state index in [4.69, 9.17) is 0 Å². The minimum atomic E-state index is -0.231. The first-order valence-corrected chi connectivity index (χ1v) is 9.04. The van der Waals surface area contributed by atoms with Crippen molar-refractivity contribution in [2.75, 3.05) is 33.2 Å². The number of likely N-dealkylation sites (tertiary alicyclic amines) is 1. The second-order valence-electron chi connectivity index (χ2n) is 7.56. The Hall–Kier alpha value is -0.810. The zero-order valence-electron chi connectivity index (χ0n) is 13.8. The summed E-state index contributed by atoms with van der Waals surface area (Å²) in [6.07, 6.45) is 7.93. The largest absolute Gasteiger partial charge is 0.393 e. The van der Waals surface area contributed by atoms with E-state index in [-0.39, 0.29) is 18.1 Å². The molecule has 0 aromatic rings. The summed E-state index contributed by atoms with van der Waals surface area (Å²) in [6.45, 7) is 3.82. The van der Waals surface area contributed by atoms with E-state index >= 15 is 0 Å². The molecule has 1 heterocycles. The quantitative estimate of drug-likeness (QED) is 0.812. The minimum Gasteiger partial charge on any atom is -0.393 e. The summed E-state index contributed by atoms with van der Waals surface area (Å²) in [5.41, 5.74) is 0. The molecule has 0 radical (unpaired) electrons. The van der Waals surface area contributed by atoms with Crippen molar-refractivity contribution < 1.29 is 9.90 Å². The first-order chi connectivity index (χ1) is 10.6. The number of amides is 2. The number of rotatable bonds is 5. The minimum absolute atomic E-state index is 0.0163. The fourth-order valence-corrected chi connectivity index (χ4v) is 4.00. The van der Waals surface area contributed by atoms with Gasteiger partial charge in [-0.05, 0) is 44.6 Å². The maximum atomic E-state index is 12.2. The van der Waals surface area contributed by atoms with Gasteiger partial charge in [-0.3, -0.25) is 0 Å². The summed E-state index contributed by atoms with van der Waals surface area (Å²) in [4.78, 5) is 16.6. The van der Waals surface area contributed by atoms with Crippen LogP contribution in [0.4, 0.5) is 4.79 Å². The highest BCUT2D eigenvalue weighted by Crippen LogP contribution is 2.31. The third-order valence-corrected chi connectivity index (χ3v) is 5.65. The molecule has 2 amide bonds. The van der Waals surface area contributed by atoms with E-state index in [2.05, 4.69) is 10.2 Å². The predicted molar refractivity (Wildman–Crippen MR) is 86.7 cm³/mol. The highest BCUT2D eigenvalue weighted by Gasteiger charge is 2.34. The molecule has 126 valence electrons. The first kappa shape index (κ1) is 16.1. The van der Waals surface area contributed by atoms with Gasteiger partial charge >= 0.3 is 6.03 Å². The van der Waals surface area contributed by atoms with E-state index in [1.165, 1.54) is 32.2 Å². The Kier molecular flexibility index (Phi) is 5.24. The summed E-state index contributed by atoms with van der Waals surface area (Å²) in [7, 11) is 1.85. The first-order valence-electron chi connectivity index (χ1n) is 9.04. The highest BCUT2D eigenvalue weighted by molar-refractivity contribution is 5.73. The summed E-state index contributed by atoms with van der Waals surface area (Å²) in [5.74, 6) is 0.861. The lowest BCUT2D eigenvalue weighted by atomic mass is 9.86. The third kappa shape index (κ3) is 4.13. The van der Waals surface area contributed by atoms with Gasteiger partial charge in [0.05, 0.1) is 6.10 Å². The summed E-state index contributed by atoms with van der Waals surface area (Å²) < 4.78 is 0. The van der Waals surface area contributed by atoms with Crippen molar-refractivity contribution in [1.29, 1.82) is 0 Å². The van der Waals surface area contributed by atoms with Crippen LogP contribution in [0.15, 0.2) is 0 Å². The SMILES string of the molecule is CN(C[C@@H]1CCCC[C@H]1O)C(=O)NC[C@H]1CCN(C2CC2)C1. The molecule has 2 saturated carbocycles. The number of nitrogens with zero attached hydrogens (tertiary/aromatic N) is 2. The van der Waals surface area contributed by atoms with Crippen LogP contribution in [-0.4, -0.2) is 66.3 Å². The average molecular weight is 309 g/mol. The molecule has 0 bridgehead atoms. The van der Waals surface area contributed by atoms with E-state index in [0.717, 1.165) is 38.4 Å². The maximum absolute atomic E-state index is 12.2. The van der Waals surface area contributed by atoms with E-state index in [1.807, 2.05) is 7.05 Å². The van der Waals surface area contributed by atoms with E-state index in [1.54, 1.807) is 4.90 Å². The molecular formula is C17H31N3O2. The number of aliphatic hydroxyl groups excluding tert-OH is 1. The highest BCUT2D eigenvalue weighted by atomic mass is 16.3. The van der Waals surface area contributed by atoms with Gasteiger partial charge in [-0.2, -0.15) is 0 Å². The van der Waals surface area contributed by atoms with Gasteiger partial charge in [0.2, 0.25) is 0 Å². The molecule has 1 aliphatic heterocycles. The molecular weight excluding hydrogens is 278 g/mol. The number of carbonyl (C=O) groups excluding carboxylic acids is 1. The van der Waals surface area contributed by atoms with Crippen molar-refractivity contribution in [3.8, 4) is 0 Å². The van der Waals surface area contributed by atoms with Crippen molar-refractivity contribution in [2.45, 2.75) is 57.1 Å². The fraction of sp³-hybridized carbons (Fsp3) is 0.941. The smallest absolute Gasteiger partial charge is 0.317 e. The molecule has 0 unspecified atom stereocenters. The molecule has 0 aromatic carbocycles. The standard InChI is InChI=1S/C17H31N3O2/c1-19(12-14-4-2-3-5-16(14)21)17(22)18-10-13-8-9-20(11-13)15-6-7-15/h13-16,21H,2-12H2,1H3,(H,18,22)/t13-,14+,16-/m1/s1. The van der Waals surface area contributed by atoms with E-state index < -0.39 is 0 Å². The number of carbonyl (C=O) groups is 1. The van der Waals surface area contributed by atoms with Crippen LogP contribution in [0.3, 0.4) is 0 Å². The number of hydrogen-bond acceptors (Lipinski definition) is 3. The molecule has 2 aliphatic carbocycles. The van der Waals surface area contributed by atoms with Gasteiger partial charge < -0.3 is 20.2 Å². The lowest BCUT2D eigenvalue weighted by molar-refractivity contribution is 0.0564. The van der Waals surface area contributed by atoms with Crippen LogP contribution >= 0.6 is 0 Å². The second kappa shape index (κ2) is 7.18. The van der Waals surface area contributed by atoms with Gasteiger partial charge in [-0.1, -0.05) is 12.8 Å². The zero-order chi connectivity index (χ0) is 15.5. The lowest BCUT2D eigenvalue weighted by Gasteiger charge is -2.31. The van der Waals surface area contributed by atoms with Gasteiger partial charge in [0.25, 0.3) is 0 Å². The third-order valence-electron chi connectivity index (χ3n) is 5.65. The van der Waals surface area contributed by atoms with Crippen molar-refractivity contribution in [2.24, 2.45) is 11.8 Å². The molecule has 2 N–H and O–H groups in total. The molecule has 0 spiro atoms. The van der Waals surface area contributed by atoms with Gasteiger partial charge in [0.15, 0.2) is 0 Å². The van der Waals surface area contributed by atoms with Crippen molar-refractivity contribution in [1.82, 2.24) is 15.1 Å². The summed E-state index contributed by atoms with van der Waals surface area (Å²) in [5, 5.41) is 13.1. The van der Waals surface area contributed by atoms with Gasteiger partial charge in [-0.25, -0.2) is 4.79 Å². The van der Waals surface area contributed by atoms with Crippen molar-refractivity contribution >= 4 is 6.03 Å². The molecule has 3 rings (SSSR count). The van der Waals surface area contributed by atoms with Crippen LogP contribution in [-0.2, 0) is 0 Å². The molecule has 1 saturated heterocycles. The molecule has 0 aromatic heterocycles. The van der Waals surface area contributed by atoms with Crippen LogP contribution in [0.5, 0.6) is 0 Å². The monoisotopic (exact) mass is 309 g/mol. The summed E-state index contributed by atoms with van der Waals surface area (Å²) >= 11 is 0. The van der Waals surface area contributed by atoms with Crippen LogP contribution in [0, 0.1) is 11.8 Å². The van der Waals surface area contributed by atoms with Gasteiger partial charge in [0, 0.05) is 38.6 Å². The number of urea groups is 1. The molecule has 22 heavy (non-hydrogen) atoms. The zero-order valence-corrected chi connectivity index (χ0v) is 13.8. The molecule has 3 atom stereocenters. The summed E-state index contributed by atoms with van der Waals surface area (Å²) in [6, 6.07) is 0.860. The van der Waals surface area contributed by atoms with Gasteiger partial charge in [-0.15, -0.1) is 0 Å². The Balaban J connectivity index is 1.36. The Morgan fingerprint density at radius 3 is 2.73 bits per heavy atom. The number of aliphatic hydroxyl groups is 1. The second-order valence-corrected chi connectivity index (χ2v) is 7.56. The van der Waals surface area contributed by atoms with Crippen LogP contribution < -0.4 is 5.32 Å². The van der Waals surface area contributed by atoms with E-state index in [9.17, 15) is 9.90 Å². The fourth-order valence-electron chi connectivity index (χ4n) is 4.00. The topological polar surface area (TPSA) is 55.8 Å². The van der Waals surface area contributed by atoms with Crippen LogP contribution in [0.25, 0.3) is 0 Å². The number of hydrogen-bond donors (Lipinski definition) is 2. The predicted octanol–water partition coefficient (Wildman–Crippen LogP) is 1.66. The Morgan fingerprint density at radius 2 is 2.00 bits per heavy atom. The van der Waals surface area contributed by atoms with Crippen molar-refractivity contribution in [3.05, 3.63) is 0 Å². The van der Waals surface area contributed by atoms with Gasteiger partial charge in [0.1, 0.15) is 0 Å². The normalized spacial score (nSPS) is 32.9. The average Bonchev–Trinajstić information content (AvgIpc) is 3.26. The molecule has 5 heteroatoms. The molecule has 3 aliphatic rings. The molecule has 5 nitrogen and oxygen atoms in total. The Bertz CT molecular complexity index is 386. The maximum Gasteiger partial charge on any atom is 0.317 e.